The number of ether oxygens (including phenoxy) is 4. The van der Waals surface area contributed by atoms with Gasteiger partial charge in [0.1, 0.15) is 30.6 Å². The molecule has 16 heteroatoms. The van der Waals surface area contributed by atoms with Gasteiger partial charge in [0.25, 0.3) is 0 Å². The van der Waals surface area contributed by atoms with Gasteiger partial charge in [0, 0.05) is 6.20 Å². The minimum atomic E-state index is -4.55. The first-order valence-corrected chi connectivity index (χ1v) is 18.9. The quantitative estimate of drug-likeness (QED) is 0.0990. The van der Waals surface area contributed by atoms with Crippen LogP contribution in [-0.2, 0) is 42.4 Å². The molecule has 52 heavy (non-hydrogen) atoms. The molecule has 1 aromatic carbocycles. The zero-order valence-electron chi connectivity index (χ0n) is 30.5. The zero-order valence-corrected chi connectivity index (χ0v) is 31.4. The van der Waals surface area contributed by atoms with Crippen molar-refractivity contribution in [3.8, 4) is 11.8 Å². The number of rotatable bonds is 17. The van der Waals surface area contributed by atoms with Crippen LogP contribution in [0.5, 0.6) is 5.75 Å². The molecule has 282 valence electrons. The molecule has 0 radical (unpaired) electrons. The number of hydrogen-bond acceptors (Lipinski definition) is 13. The zero-order chi connectivity index (χ0) is 38.2. The first kappa shape index (κ1) is 40.3. The number of carbonyl (C=O) groups is 3. The van der Waals surface area contributed by atoms with E-state index < -0.39 is 74.1 Å². The minimum absolute atomic E-state index is 0.127. The Morgan fingerprint density at radius 3 is 2.27 bits per heavy atom. The van der Waals surface area contributed by atoms with Crippen molar-refractivity contribution in [1.29, 1.82) is 5.26 Å². The normalized spacial score (nSPS) is 21.8. The first-order chi connectivity index (χ1) is 24.7. The van der Waals surface area contributed by atoms with Crippen LogP contribution in [0, 0.1) is 29.1 Å². The molecular weight excluding hydrogens is 693 g/mol. The predicted octanol–water partition coefficient (Wildman–Crippen LogP) is 5.55. The van der Waals surface area contributed by atoms with Crippen LogP contribution in [0.4, 0.5) is 5.69 Å². The molecule has 1 saturated heterocycles. The van der Waals surface area contributed by atoms with Gasteiger partial charge in [0.2, 0.25) is 5.60 Å². The second kappa shape index (κ2) is 17.4. The van der Waals surface area contributed by atoms with Crippen molar-refractivity contribution in [2.24, 2.45) is 17.8 Å². The maximum Gasteiger partial charge on any atom is 0.459 e. The number of nitrogens with one attached hydrogen (secondary N) is 1. The summed E-state index contributed by atoms with van der Waals surface area (Å²) in [5.41, 5.74) is 5.17. The third-order valence-electron chi connectivity index (χ3n) is 8.67. The van der Waals surface area contributed by atoms with Crippen LogP contribution >= 0.6 is 7.75 Å². The lowest BCUT2D eigenvalue weighted by Gasteiger charge is -2.31. The maximum atomic E-state index is 14.5. The molecule has 0 amide bonds. The second-order valence-electron chi connectivity index (χ2n) is 13.3. The van der Waals surface area contributed by atoms with Crippen molar-refractivity contribution >= 4 is 36.9 Å². The van der Waals surface area contributed by atoms with Crippen molar-refractivity contribution in [2.75, 3.05) is 18.9 Å². The first-order valence-electron chi connectivity index (χ1n) is 17.3. The summed E-state index contributed by atoms with van der Waals surface area (Å²) in [7, 11) is -4.55. The lowest BCUT2D eigenvalue weighted by atomic mass is 9.95. The number of fused-ring (bicyclic) bond motifs is 1. The topological polar surface area (TPSA) is 203 Å². The summed E-state index contributed by atoms with van der Waals surface area (Å²) in [6, 6.07) is 13.8. The highest BCUT2D eigenvalue weighted by atomic mass is 31.2. The molecule has 2 aromatic heterocycles. The standard InChI is InChI=1S/C36H48N5O10P/c1-8-25(9-2)19-46-35(44)24(7)40-52(45,51-26-13-11-10-12-14-26)47-21-36(20-37)32(49-34(43)23(5)6)31(48-33(42)22(3)4)30(50-36)29-16-15-28-27(38)17-18-39-41(28)29/h10-18,22-25,30-32H,8-9,19,21,38H2,1-7H3,(H,40,45)/t24-,30-,31-,32-,36+,52-/m0/s1. The fourth-order valence-electron chi connectivity index (χ4n) is 5.37. The molecule has 3 heterocycles. The fraction of sp³-hybridized carbons (Fsp3) is 0.528. The summed E-state index contributed by atoms with van der Waals surface area (Å²) in [5, 5.41) is 17.8. The number of nitrogen functional groups attached to an aromatic ring is 1. The number of nitrogens with two attached hydrogens (primary N) is 1. The van der Waals surface area contributed by atoms with Gasteiger partial charge in [-0.3, -0.25) is 18.9 Å². The van der Waals surface area contributed by atoms with Crippen molar-refractivity contribution in [1.82, 2.24) is 14.7 Å². The molecular formula is C36H48N5O10P. The van der Waals surface area contributed by atoms with E-state index in [1.165, 1.54) is 29.8 Å². The number of aromatic nitrogens is 2. The van der Waals surface area contributed by atoms with Crippen molar-refractivity contribution in [2.45, 2.75) is 91.3 Å². The number of esters is 3. The predicted molar refractivity (Wildman–Crippen MR) is 189 cm³/mol. The Labute approximate surface area is 303 Å². The molecule has 0 unspecified atom stereocenters. The van der Waals surface area contributed by atoms with E-state index in [-0.39, 0.29) is 18.3 Å². The highest BCUT2D eigenvalue weighted by molar-refractivity contribution is 7.52. The van der Waals surface area contributed by atoms with Crippen LogP contribution < -0.4 is 15.3 Å². The molecule has 1 aliphatic heterocycles. The van der Waals surface area contributed by atoms with Gasteiger partial charge >= 0.3 is 25.7 Å². The van der Waals surface area contributed by atoms with Crippen molar-refractivity contribution < 1.29 is 46.9 Å². The summed E-state index contributed by atoms with van der Waals surface area (Å²) < 4.78 is 51.5. The van der Waals surface area contributed by atoms with Gasteiger partial charge in [0.15, 0.2) is 12.2 Å². The third-order valence-corrected chi connectivity index (χ3v) is 10.3. The number of benzene rings is 1. The highest BCUT2D eigenvalue weighted by Gasteiger charge is 2.62. The van der Waals surface area contributed by atoms with Crippen molar-refractivity contribution in [3.05, 3.63) is 60.4 Å². The molecule has 4 rings (SSSR count). The smallest absolute Gasteiger partial charge is 0.459 e. The van der Waals surface area contributed by atoms with Gasteiger partial charge in [-0.15, -0.1) is 0 Å². The van der Waals surface area contributed by atoms with E-state index >= 15 is 0 Å². The highest BCUT2D eigenvalue weighted by Crippen LogP contribution is 2.50. The van der Waals surface area contributed by atoms with E-state index in [1.807, 2.05) is 19.9 Å². The maximum absolute atomic E-state index is 14.5. The van der Waals surface area contributed by atoms with Gasteiger partial charge < -0.3 is 29.2 Å². The summed E-state index contributed by atoms with van der Waals surface area (Å²) in [4.78, 5) is 39.3. The summed E-state index contributed by atoms with van der Waals surface area (Å²) in [6.45, 7) is 11.2. The molecule has 0 aliphatic carbocycles. The summed E-state index contributed by atoms with van der Waals surface area (Å²) >= 11 is 0. The lowest BCUT2D eigenvalue weighted by Crippen LogP contribution is -2.50. The van der Waals surface area contributed by atoms with Gasteiger partial charge in [-0.25, -0.2) is 9.08 Å². The molecule has 0 saturated carbocycles. The Kier molecular flexibility index (Phi) is 13.5. The fourth-order valence-corrected chi connectivity index (χ4v) is 6.89. The van der Waals surface area contributed by atoms with E-state index in [4.69, 9.17) is 33.7 Å². The summed E-state index contributed by atoms with van der Waals surface area (Å²) in [5.74, 6) is -3.07. The number of hydrogen-bond donors (Lipinski definition) is 2. The van der Waals surface area contributed by atoms with Crippen LogP contribution in [0.25, 0.3) is 5.52 Å². The molecule has 0 bridgehead atoms. The van der Waals surface area contributed by atoms with Gasteiger partial charge in [0.05, 0.1) is 35.3 Å². The average molecular weight is 742 g/mol. The van der Waals surface area contributed by atoms with Crippen LogP contribution in [0.15, 0.2) is 54.7 Å². The Morgan fingerprint density at radius 2 is 1.65 bits per heavy atom. The van der Waals surface area contributed by atoms with E-state index in [1.54, 1.807) is 64.1 Å². The molecule has 3 aromatic rings. The third kappa shape index (κ3) is 9.30. The molecule has 6 atom stereocenters. The van der Waals surface area contributed by atoms with Crippen molar-refractivity contribution in [3.63, 3.8) is 0 Å². The monoisotopic (exact) mass is 741 g/mol. The number of anilines is 1. The molecule has 1 fully saturated rings. The van der Waals surface area contributed by atoms with E-state index in [2.05, 4.69) is 10.2 Å². The minimum Gasteiger partial charge on any atom is -0.464 e. The Balaban J connectivity index is 1.76. The SMILES string of the molecule is CCC(CC)COC(=O)[C@H](C)N[P@](=O)(OC[C@@]1(C#N)O[C@@H](c2ccc3c(N)ccnn23)[C@H](OC(=O)C(C)C)[C@@H]1OC(=O)C(C)C)Oc1ccccc1. The van der Waals surface area contributed by atoms with Gasteiger partial charge in [-0.05, 0) is 43.2 Å². The second-order valence-corrected chi connectivity index (χ2v) is 15.0. The molecule has 3 N–H and O–H groups in total. The number of carbonyl (C=O) groups excluding carboxylic acids is 3. The van der Waals surface area contributed by atoms with Crippen LogP contribution in [0.3, 0.4) is 0 Å². The molecule has 1 aliphatic rings. The Morgan fingerprint density at radius 1 is 1.00 bits per heavy atom. The molecule has 15 nitrogen and oxygen atoms in total. The average Bonchev–Trinajstić information content (AvgIpc) is 3.68. The lowest BCUT2D eigenvalue weighted by molar-refractivity contribution is -0.173. The van der Waals surface area contributed by atoms with Crippen LogP contribution in [-0.4, -0.2) is 64.6 Å². The van der Waals surface area contributed by atoms with E-state index in [9.17, 15) is 24.2 Å². The Hall–Kier alpha value is -4.48. The van der Waals surface area contributed by atoms with Crippen LogP contribution in [0.1, 0.15) is 73.1 Å². The largest absolute Gasteiger partial charge is 0.464 e. The summed E-state index contributed by atoms with van der Waals surface area (Å²) in [6.07, 6.45) is -1.18. The van der Waals surface area contributed by atoms with E-state index in [0.29, 0.717) is 16.9 Å². The van der Waals surface area contributed by atoms with Gasteiger partial charge in [-0.1, -0.05) is 72.6 Å². The number of para-hydroxylation sites is 1. The number of nitriles is 1. The van der Waals surface area contributed by atoms with E-state index in [0.717, 1.165) is 12.8 Å². The number of nitrogens with zero attached hydrogens (tertiary/aromatic N) is 3. The Bertz CT molecular complexity index is 1790. The molecule has 0 spiro atoms. The van der Waals surface area contributed by atoms with Crippen LogP contribution in [0.2, 0.25) is 0 Å². The van der Waals surface area contributed by atoms with Gasteiger partial charge in [-0.2, -0.15) is 15.4 Å².